The maximum absolute atomic E-state index is 11.3. The fourth-order valence-electron chi connectivity index (χ4n) is 0.973. The number of halogens is 2. The lowest BCUT2D eigenvalue weighted by molar-refractivity contribution is 0.102. The molecule has 0 bridgehead atoms. The Labute approximate surface area is 93.2 Å². The molecule has 0 aliphatic heterocycles. The Morgan fingerprint density at radius 3 is 2.69 bits per heavy atom. The third kappa shape index (κ3) is 2.11. The van der Waals surface area contributed by atoms with Gasteiger partial charge < -0.3 is 5.11 Å². The summed E-state index contributed by atoms with van der Waals surface area (Å²) in [5.41, 5.74) is 1.05. The maximum atomic E-state index is 11.3. The van der Waals surface area contributed by atoms with Gasteiger partial charge in [0.2, 0.25) is 0 Å². The van der Waals surface area contributed by atoms with Crippen molar-refractivity contribution in [2.75, 3.05) is 5.33 Å². The van der Waals surface area contributed by atoms with Gasteiger partial charge >= 0.3 is 0 Å². The molecule has 70 valence electrons. The SMILES string of the molecule is Cc1c(Br)ccc(C(=O)CBr)c1O. The van der Waals surface area contributed by atoms with Crippen molar-refractivity contribution in [3.8, 4) is 5.75 Å². The molecule has 0 heterocycles. The second kappa shape index (κ2) is 4.24. The fourth-order valence-corrected chi connectivity index (χ4v) is 1.59. The van der Waals surface area contributed by atoms with Crippen LogP contribution >= 0.6 is 31.9 Å². The summed E-state index contributed by atoms with van der Waals surface area (Å²) in [7, 11) is 0. The van der Waals surface area contributed by atoms with Crippen LogP contribution in [0.15, 0.2) is 16.6 Å². The molecule has 0 atom stereocenters. The zero-order chi connectivity index (χ0) is 10.0. The topological polar surface area (TPSA) is 37.3 Å². The number of hydrogen-bond donors (Lipinski definition) is 1. The number of carbonyl (C=O) groups excluding carboxylic acids is 1. The molecule has 0 amide bonds. The summed E-state index contributed by atoms with van der Waals surface area (Å²) >= 11 is 6.32. The van der Waals surface area contributed by atoms with Crippen LogP contribution in [0.3, 0.4) is 0 Å². The van der Waals surface area contributed by atoms with Crippen molar-refractivity contribution < 1.29 is 9.90 Å². The molecule has 13 heavy (non-hydrogen) atoms. The fraction of sp³-hybridized carbons (Fsp3) is 0.222. The molecule has 1 aromatic rings. The normalized spacial score (nSPS) is 10.1. The predicted molar refractivity (Wildman–Crippen MR) is 58.7 cm³/mol. The molecule has 0 unspecified atom stereocenters. The van der Waals surface area contributed by atoms with Crippen LogP contribution in [0.1, 0.15) is 15.9 Å². The van der Waals surface area contributed by atoms with E-state index in [4.69, 9.17) is 0 Å². The molecular weight excluding hydrogens is 300 g/mol. The Kier molecular flexibility index (Phi) is 3.50. The minimum atomic E-state index is -0.117. The Bertz CT molecular complexity index is 348. The van der Waals surface area contributed by atoms with Crippen molar-refractivity contribution >= 4 is 37.6 Å². The van der Waals surface area contributed by atoms with E-state index in [0.717, 1.165) is 4.47 Å². The largest absolute Gasteiger partial charge is 0.507 e. The van der Waals surface area contributed by atoms with E-state index in [-0.39, 0.29) is 16.9 Å². The number of ketones is 1. The molecule has 1 aromatic carbocycles. The molecule has 0 spiro atoms. The van der Waals surface area contributed by atoms with Crippen LogP contribution in [0.25, 0.3) is 0 Å². The van der Waals surface area contributed by atoms with E-state index in [1.54, 1.807) is 19.1 Å². The zero-order valence-corrected chi connectivity index (χ0v) is 10.1. The van der Waals surface area contributed by atoms with Crippen LogP contribution in [-0.2, 0) is 0 Å². The Hall–Kier alpha value is -0.350. The first-order valence-electron chi connectivity index (χ1n) is 3.65. The van der Waals surface area contributed by atoms with Gasteiger partial charge in [0.25, 0.3) is 0 Å². The standard InChI is InChI=1S/C9H8Br2O2/c1-5-7(11)3-2-6(9(5)13)8(12)4-10/h2-3,13H,4H2,1H3. The first-order chi connectivity index (χ1) is 6.07. The quantitative estimate of drug-likeness (QED) is 0.673. The molecule has 0 aromatic heterocycles. The highest BCUT2D eigenvalue weighted by atomic mass is 79.9. The molecular formula is C9H8Br2O2. The van der Waals surface area contributed by atoms with E-state index in [1.165, 1.54) is 0 Å². The molecule has 0 aliphatic carbocycles. The summed E-state index contributed by atoms with van der Waals surface area (Å²) in [6.45, 7) is 1.75. The lowest BCUT2D eigenvalue weighted by Crippen LogP contribution is -2.01. The van der Waals surface area contributed by atoms with Gasteiger partial charge in [0.15, 0.2) is 5.78 Å². The van der Waals surface area contributed by atoms with Gasteiger partial charge in [-0.2, -0.15) is 0 Å². The van der Waals surface area contributed by atoms with Crippen LogP contribution in [-0.4, -0.2) is 16.2 Å². The molecule has 0 radical (unpaired) electrons. The molecule has 0 aliphatic rings. The third-order valence-electron chi connectivity index (χ3n) is 1.79. The number of rotatable bonds is 2. The number of alkyl halides is 1. The van der Waals surface area contributed by atoms with Gasteiger partial charge in [-0.3, -0.25) is 4.79 Å². The molecule has 2 nitrogen and oxygen atoms in total. The first kappa shape index (κ1) is 10.7. The number of aromatic hydroxyl groups is 1. The Balaban J connectivity index is 3.26. The lowest BCUT2D eigenvalue weighted by Gasteiger charge is -2.06. The molecule has 0 saturated heterocycles. The van der Waals surface area contributed by atoms with Crippen LogP contribution in [0, 0.1) is 6.92 Å². The van der Waals surface area contributed by atoms with E-state index in [2.05, 4.69) is 31.9 Å². The van der Waals surface area contributed by atoms with Crippen molar-refractivity contribution in [2.45, 2.75) is 6.92 Å². The van der Waals surface area contributed by atoms with Gasteiger partial charge in [0.1, 0.15) is 5.75 Å². The highest BCUT2D eigenvalue weighted by molar-refractivity contribution is 9.10. The van der Waals surface area contributed by atoms with Crippen molar-refractivity contribution in [3.05, 3.63) is 27.7 Å². The lowest BCUT2D eigenvalue weighted by atomic mass is 10.1. The highest BCUT2D eigenvalue weighted by Crippen LogP contribution is 2.29. The smallest absolute Gasteiger partial charge is 0.177 e. The minimum Gasteiger partial charge on any atom is -0.507 e. The molecule has 1 rings (SSSR count). The summed E-state index contributed by atoms with van der Waals surface area (Å²) in [6.07, 6.45) is 0. The predicted octanol–water partition coefficient (Wildman–Crippen LogP) is 3.04. The van der Waals surface area contributed by atoms with E-state index in [9.17, 15) is 9.90 Å². The number of hydrogen-bond acceptors (Lipinski definition) is 2. The summed E-state index contributed by atoms with van der Waals surface area (Å²) in [5, 5.41) is 9.83. The second-order valence-corrected chi connectivity index (χ2v) is 4.04. The van der Waals surface area contributed by atoms with Crippen LogP contribution in [0.2, 0.25) is 0 Å². The molecule has 4 heteroatoms. The van der Waals surface area contributed by atoms with Crippen molar-refractivity contribution in [1.29, 1.82) is 0 Å². The van der Waals surface area contributed by atoms with E-state index < -0.39 is 0 Å². The molecule has 0 fully saturated rings. The Morgan fingerprint density at radius 2 is 2.15 bits per heavy atom. The van der Waals surface area contributed by atoms with Crippen molar-refractivity contribution in [2.24, 2.45) is 0 Å². The summed E-state index contributed by atoms with van der Waals surface area (Å²) in [5.74, 6) is -0.0630. The van der Waals surface area contributed by atoms with E-state index in [1.807, 2.05) is 0 Å². The van der Waals surface area contributed by atoms with Gasteiger partial charge in [0.05, 0.1) is 10.9 Å². The number of phenolic OH excluding ortho intramolecular Hbond substituents is 1. The van der Waals surface area contributed by atoms with Gasteiger partial charge in [-0.1, -0.05) is 31.9 Å². The second-order valence-electron chi connectivity index (χ2n) is 2.63. The summed E-state index contributed by atoms with van der Waals surface area (Å²) in [6, 6.07) is 3.36. The van der Waals surface area contributed by atoms with Crippen LogP contribution in [0.4, 0.5) is 0 Å². The van der Waals surface area contributed by atoms with E-state index in [0.29, 0.717) is 11.1 Å². The van der Waals surface area contributed by atoms with Gasteiger partial charge in [0, 0.05) is 10.0 Å². The number of benzene rings is 1. The third-order valence-corrected chi connectivity index (χ3v) is 3.16. The number of Topliss-reactive ketones (excluding diaryl/α,β-unsaturated/α-hetero) is 1. The van der Waals surface area contributed by atoms with Gasteiger partial charge in [-0.05, 0) is 19.1 Å². The summed E-state index contributed by atoms with van der Waals surface area (Å²) < 4.78 is 0.802. The Morgan fingerprint density at radius 1 is 1.54 bits per heavy atom. The van der Waals surface area contributed by atoms with Crippen LogP contribution in [0.5, 0.6) is 5.75 Å². The average Bonchev–Trinajstić information content (AvgIpc) is 2.13. The molecule has 1 N–H and O–H groups in total. The summed E-state index contributed by atoms with van der Waals surface area (Å²) in [4.78, 5) is 11.3. The maximum Gasteiger partial charge on any atom is 0.177 e. The van der Waals surface area contributed by atoms with Crippen molar-refractivity contribution in [3.63, 3.8) is 0 Å². The zero-order valence-electron chi connectivity index (χ0n) is 6.97. The molecule has 0 saturated carbocycles. The number of carbonyl (C=O) groups is 1. The van der Waals surface area contributed by atoms with Gasteiger partial charge in [-0.15, -0.1) is 0 Å². The monoisotopic (exact) mass is 306 g/mol. The van der Waals surface area contributed by atoms with Gasteiger partial charge in [-0.25, -0.2) is 0 Å². The average molecular weight is 308 g/mol. The minimum absolute atomic E-state index is 0.0545. The highest BCUT2D eigenvalue weighted by Gasteiger charge is 2.12. The van der Waals surface area contributed by atoms with Crippen LogP contribution < -0.4 is 0 Å². The van der Waals surface area contributed by atoms with E-state index >= 15 is 0 Å². The first-order valence-corrected chi connectivity index (χ1v) is 5.56. The van der Waals surface area contributed by atoms with Crippen molar-refractivity contribution in [1.82, 2.24) is 0 Å². The number of phenols is 1.